The summed E-state index contributed by atoms with van der Waals surface area (Å²) in [4.78, 5) is 38.1. The number of allylic oxidation sites excluding steroid dienone is 18. The van der Waals surface area contributed by atoms with Gasteiger partial charge in [0.25, 0.3) is 0 Å². The van der Waals surface area contributed by atoms with Gasteiger partial charge in [-0.1, -0.05) is 226 Å². The second-order valence-electron chi connectivity index (χ2n) is 18.5. The summed E-state index contributed by atoms with van der Waals surface area (Å²) in [6.07, 6.45) is 76.5. The molecule has 69 heavy (non-hydrogen) atoms. The lowest BCUT2D eigenvalue weighted by Gasteiger charge is -2.18. The van der Waals surface area contributed by atoms with Gasteiger partial charge < -0.3 is 14.2 Å². The maximum Gasteiger partial charge on any atom is 0.306 e. The first kappa shape index (κ1) is 65.1. The number of hydrogen-bond donors (Lipinski definition) is 0. The fourth-order valence-electron chi connectivity index (χ4n) is 7.49. The molecule has 0 spiro atoms. The highest BCUT2D eigenvalue weighted by atomic mass is 16.6. The van der Waals surface area contributed by atoms with E-state index in [1.165, 1.54) is 103 Å². The highest BCUT2D eigenvalue weighted by Crippen LogP contribution is 2.14. The molecule has 0 unspecified atom stereocenters. The third kappa shape index (κ3) is 54.9. The molecule has 6 heteroatoms. The summed E-state index contributed by atoms with van der Waals surface area (Å²) < 4.78 is 16.8. The normalized spacial score (nSPS) is 12.9. The number of esters is 3. The predicted molar refractivity (Wildman–Crippen MR) is 297 cm³/mol. The molecule has 0 aromatic carbocycles. The standard InChI is InChI=1S/C63H104O6/c1-4-7-10-13-16-19-22-25-28-30-31-33-36-38-41-44-47-50-53-56-62(65)68-59-60(69-63(66)57-54-51-48-45-42-39-34-27-24-21-18-15-12-9-6-3)58-67-61(64)55-52-49-46-43-40-37-35-32-29-26-23-20-17-14-11-8-5-2/h7,10,16-17,19-20,25-29,31,33-34,38,41,47,50,60H,4-6,8-9,11-15,18,21-24,30,32,35-37,39-40,42-46,48-49,51-59H2,1-3H3/b10-7-,19-16-,20-17-,28-25-,29-26-,33-31-,34-27-,41-38-,50-47-/t60-/m0/s1. The van der Waals surface area contributed by atoms with Crippen molar-refractivity contribution >= 4 is 17.9 Å². The zero-order valence-electron chi connectivity index (χ0n) is 44.8. The molecule has 0 heterocycles. The minimum absolute atomic E-state index is 0.110. The van der Waals surface area contributed by atoms with E-state index in [2.05, 4.69) is 124 Å². The van der Waals surface area contributed by atoms with E-state index in [0.717, 1.165) is 103 Å². The third-order valence-electron chi connectivity index (χ3n) is 11.7. The zero-order valence-corrected chi connectivity index (χ0v) is 44.8. The number of carbonyl (C=O) groups excluding carboxylic acids is 3. The third-order valence-corrected chi connectivity index (χ3v) is 11.7. The van der Waals surface area contributed by atoms with E-state index in [0.29, 0.717) is 19.3 Å². The zero-order chi connectivity index (χ0) is 50.0. The van der Waals surface area contributed by atoms with Gasteiger partial charge >= 0.3 is 17.9 Å². The molecule has 1 atom stereocenters. The van der Waals surface area contributed by atoms with E-state index in [9.17, 15) is 14.4 Å². The minimum atomic E-state index is -0.818. The fraction of sp³-hybridized carbons (Fsp3) is 0.667. The average Bonchev–Trinajstić information content (AvgIpc) is 3.35. The molecule has 0 rings (SSSR count). The second-order valence-corrected chi connectivity index (χ2v) is 18.5. The van der Waals surface area contributed by atoms with Crippen LogP contribution >= 0.6 is 0 Å². The largest absolute Gasteiger partial charge is 0.462 e. The monoisotopic (exact) mass is 957 g/mol. The molecule has 0 aliphatic heterocycles. The van der Waals surface area contributed by atoms with Gasteiger partial charge in [-0.3, -0.25) is 14.4 Å². The van der Waals surface area contributed by atoms with Gasteiger partial charge in [-0.2, -0.15) is 0 Å². The Balaban J connectivity index is 4.53. The Hall–Kier alpha value is -3.93. The molecular weight excluding hydrogens is 853 g/mol. The number of carbonyl (C=O) groups is 3. The van der Waals surface area contributed by atoms with Crippen LogP contribution in [0.5, 0.6) is 0 Å². The first-order chi connectivity index (χ1) is 34.0. The van der Waals surface area contributed by atoms with Crippen LogP contribution in [-0.4, -0.2) is 37.2 Å². The Morgan fingerprint density at radius 2 is 0.594 bits per heavy atom. The van der Waals surface area contributed by atoms with Crippen LogP contribution in [0, 0.1) is 0 Å². The van der Waals surface area contributed by atoms with Crippen molar-refractivity contribution in [1.82, 2.24) is 0 Å². The summed E-state index contributed by atoms with van der Waals surface area (Å²) in [5.41, 5.74) is 0. The van der Waals surface area contributed by atoms with E-state index >= 15 is 0 Å². The van der Waals surface area contributed by atoms with Gasteiger partial charge in [0.05, 0.1) is 0 Å². The molecule has 0 saturated heterocycles. The Labute approximate surface area is 425 Å². The maximum atomic E-state index is 12.8. The van der Waals surface area contributed by atoms with E-state index < -0.39 is 6.10 Å². The van der Waals surface area contributed by atoms with E-state index in [4.69, 9.17) is 14.2 Å². The molecule has 0 amide bonds. The molecule has 392 valence electrons. The molecule has 0 saturated carbocycles. The van der Waals surface area contributed by atoms with Crippen LogP contribution in [-0.2, 0) is 28.6 Å². The fourth-order valence-corrected chi connectivity index (χ4v) is 7.49. The molecule has 0 aromatic heterocycles. The van der Waals surface area contributed by atoms with Gasteiger partial charge in [-0.15, -0.1) is 0 Å². The number of ether oxygens (including phenoxy) is 3. The molecular formula is C63H104O6. The van der Waals surface area contributed by atoms with Crippen LogP contribution in [0.1, 0.15) is 252 Å². The van der Waals surface area contributed by atoms with Gasteiger partial charge in [0.2, 0.25) is 0 Å². The minimum Gasteiger partial charge on any atom is -0.462 e. The Kier molecular flexibility index (Phi) is 53.4. The summed E-state index contributed by atoms with van der Waals surface area (Å²) >= 11 is 0. The molecule has 6 nitrogen and oxygen atoms in total. The lowest BCUT2D eigenvalue weighted by atomic mass is 10.1. The first-order valence-corrected chi connectivity index (χ1v) is 28.4. The van der Waals surface area contributed by atoms with Crippen molar-refractivity contribution < 1.29 is 28.6 Å². The lowest BCUT2D eigenvalue weighted by molar-refractivity contribution is -0.166. The van der Waals surface area contributed by atoms with Gasteiger partial charge in [-0.25, -0.2) is 0 Å². The Bertz CT molecular complexity index is 1420. The van der Waals surface area contributed by atoms with Gasteiger partial charge in [-0.05, 0) is 116 Å². The van der Waals surface area contributed by atoms with E-state index in [-0.39, 0.29) is 37.5 Å². The SMILES string of the molecule is CC/C=C\C/C=C\C/C=C\C/C=C\C/C=C\C/C=C\CCC(=O)OC[C@H](COC(=O)CCCCCCCCC/C=C\C/C=C\CCCCC)OC(=O)CCCCCCC/C=C\CCCCCCCC. The van der Waals surface area contributed by atoms with Crippen LogP contribution in [0.3, 0.4) is 0 Å². The van der Waals surface area contributed by atoms with Crippen molar-refractivity contribution in [2.24, 2.45) is 0 Å². The van der Waals surface area contributed by atoms with Gasteiger partial charge in [0.15, 0.2) is 6.10 Å². The van der Waals surface area contributed by atoms with Crippen LogP contribution in [0.15, 0.2) is 109 Å². The maximum absolute atomic E-state index is 12.8. The molecule has 0 N–H and O–H groups in total. The summed E-state index contributed by atoms with van der Waals surface area (Å²) in [7, 11) is 0. The summed E-state index contributed by atoms with van der Waals surface area (Å²) in [5.74, 6) is -1.01. The van der Waals surface area contributed by atoms with Gasteiger partial charge in [0.1, 0.15) is 13.2 Å². The summed E-state index contributed by atoms with van der Waals surface area (Å²) in [6.45, 7) is 6.42. The van der Waals surface area contributed by atoms with Crippen molar-refractivity contribution in [3.8, 4) is 0 Å². The predicted octanol–water partition coefficient (Wildman–Crippen LogP) is 19.1. The average molecular weight is 958 g/mol. The molecule has 0 aliphatic carbocycles. The summed E-state index contributed by atoms with van der Waals surface area (Å²) in [5, 5.41) is 0. The molecule has 0 aliphatic rings. The smallest absolute Gasteiger partial charge is 0.306 e. The quantitative estimate of drug-likeness (QED) is 0.0262. The Morgan fingerprint density at radius 3 is 1.01 bits per heavy atom. The highest BCUT2D eigenvalue weighted by Gasteiger charge is 2.19. The summed E-state index contributed by atoms with van der Waals surface area (Å²) in [6, 6.07) is 0. The van der Waals surface area contributed by atoms with Crippen LogP contribution < -0.4 is 0 Å². The molecule has 0 bridgehead atoms. The van der Waals surface area contributed by atoms with Crippen molar-refractivity contribution in [3.63, 3.8) is 0 Å². The van der Waals surface area contributed by atoms with Crippen LogP contribution in [0.2, 0.25) is 0 Å². The lowest BCUT2D eigenvalue weighted by Crippen LogP contribution is -2.30. The van der Waals surface area contributed by atoms with Crippen molar-refractivity contribution in [3.05, 3.63) is 109 Å². The second kappa shape index (κ2) is 56.7. The number of hydrogen-bond acceptors (Lipinski definition) is 6. The van der Waals surface area contributed by atoms with Crippen molar-refractivity contribution in [1.29, 1.82) is 0 Å². The van der Waals surface area contributed by atoms with Crippen LogP contribution in [0.25, 0.3) is 0 Å². The highest BCUT2D eigenvalue weighted by molar-refractivity contribution is 5.71. The first-order valence-electron chi connectivity index (χ1n) is 28.4. The van der Waals surface area contributed by atoms with E-state index in [1.54, 1.807) is 0 Å². The van der Waals surface area contributed by atoms with Crippen LogP contribution in [0.4, 0.5) is 0 Å². The molecule has 0 fully saturated rings. The Morgan fingerprint density at radius 1 is 0.304 bits per heavy atom. The van der Waals surface area contributed by atoms with Crippen molar-refractivity contribution in [2.45, 2.75) is 258 Å². The molecule has 0 aromatic rings. The van der Waals surface area contributed by atoms with E-state index in [1.807, 2.05) is 6.08 Å². The number of rotatable bonds is 50. The molecule has 0 radical (unpaired) electrons. The van der Waals surface area contributed by atoms with Gasteiger partial charge in [0, 0.05) is 19.3 Å². The number of unbranched alkanes of at least 4 members (excludes halogenated alkanes) is 21. The topological polar surface area (TPSA) is 78.9 Å². The van der Waals surface area contributed by atoms with Crippen molar-refractivity contribution in [2.75, 3.05) is 13.2 Å².